The average molecular weight is 428 g/mol. The van der Waals surface area contributed by atoms with Crippen LogP contribution in [0.3, 0.4) is 0 Å². The van der Waals surface area contributed by atoms with E-state index in [1.54, 1.807) is 43.5 Å². The Hall–Kier alpha value is -3.02. The van der Waals surface area contributed by atoms with Gasteiger partial charge in [-0.3, -0.25) is 0 Å². The summed E-state index contributed by atoms with van der Waals surface area (Å²) in [6, 6.07) is 19.1. The maximum absolute atomic E-state index is 14.1. The summed E-state index contributed by atoms with van der Waals surface area (Å²) in [5, 5.41) is 8.13. The first-order valence-corrected chi connectivity index (χ1v) is 9.51. The van der Waals surface area contributed by atoms with E-state index >= 15 is 0 Å². The highest BCUT2D eigenvalue weighted by molar-refractivity contribution is 6.42. The zero-order valence-corrected chi connectivity index (χ0v) is 16.9. The molecule has 146 valence electrons. The molecule has 0 saturated carbocycles. The van der Waals surface area contributed by atoms with Crippen molar-refractivity contribution in [2.45, 2.75) is 0 Å². The normalized spacial score (nSPS) is 10.8. The van der Waals surface area contributed by atoms with Gasteiger partial charge in [-0.2, -0.15) is 0 Å². The van der Waals surface area contributed by atoms with Gasteiger partial charge in [0.05, 0.1) is 34.0 Å². The van der Waals surface area contributed by atoms with Crippen LogP contribution in [0, 0.1) is 5.82 Å². The number of nitrogens with zero attached hydrogens (tertiary/aromatic N) is 1. The van der Waals surface area contributed by atoms with E-state index in [1.807, 2.05) is 24.3 Å². The number of halogens is 3. The number of ether oxygens (including phenoxy) is 1. The number of pyridine rings is 1. The van der Waals surface area contributed by atoms with Gasteiger partial charge in [0.1, 0.15) is 17.4 Å². The molecule has 0 amide bonds. The molecule has 0 radical (unpaired) electrons. The van der Waals surface area contributed by atoms with Crippen LogP contribution < -0.4 is 15.4 Å². The van der Waals surface area contributed by atoms with Gasteiger partial charge in [-0.15, -0.1) is 0 Å². The lowest BCUT2D eigenvalue weighted by Gasteiger charge is -2.14. The zero-order chi connectivity index (χ0) is 20.4. The van der Waals surface area contributed by atoms with Crippen LogP contribution in [0.2, 0.25) is 10.0 Å². The molecule has 0 saturated heterocycles. The van der Waals surface area contributed by atoms with Gasteiger partial charge in [0, 0.05) is 17.1 Å². The molecule has 2 N–H and O–H groups in total. The van der Waals surface area contributed by atoms with Crippen LogP contribution in [0.5, 0.6) is 5.75 Å². The van der Waals surface area contributed by atoms with Gasteiger partial charge in [-0.25, -0.2) is 9.37 Å². The van der Waals surface area contributed by atoms with E-state index in [0.717, 1.165) is 22.3 Å². The molecule has 4 nitrogen and oxygen atoms in total. The number of benzene rings is 3. The summed E-state index contributed by atoms with van der Waals surface area (Å²) in [7, 11) is 1.61. The summed E-state index contributed by atoms with van der Waals surface area (Å²) in [5.41, 5.74) is 2.57. The largest absolute Gasteiger partial charge is 0.497 e. The van der Waals surface area contributed by atoms with E-state index in [-0.39, 0.29) is 5.82 Å². The number of hydrogen-bond acceptors (Lipinski definition) is 4. The topological polar surface area (TPSA) is 46.2 Å². The molecular formula is C22H16Cl2FN3O. The number of nitrogens with one attached hydrogen (secondary N) is 2. The van der Waals surface area contributed by atoms with Gasteiger partial charge in [-0.1, -0.05) is 35.3 Å². The first-order valence-electron chi connectivity index (χ1n) is 8.76. The summed E-state index contributed by atoms with van der Waals surface area (Å²) in [6.45, 7) is 0. The van der Waals surface area contributed by atoms with Crippen LogP contribution in [0.25, 0.3) is 10.9 Å². The minimum atomic E-state index is -0.358. The number of aromatic nitrogens is 1. The van der Waals surface area contributed by atoms with Gasteiger partial charge in [0.15, 0.2) is 0 Å². The van der Waals surface area contributed by atoms with E-state index < -0.39 is 0 Å². The molecule has 7 heteroatoms. The average Bonchev–Trinajstić information content (AvgIpc) is 2.72. The van der Waals surface area contributed by atoms with Crippen LogP contribution in [-0.2, 0) is 0 Å². The van der Waals surface area contributed by atoms with Crippen molar-refractivity contribution < 1.29 is 9.13 Å². The first-order chi connectivity index (χ1) is 14.0. The zero-order valence-electron chi connectivity index (χ0n) is 15.3. The lowest BCUT2D eigenvalue weighted by Crippen LogP contribution is -2.00. The Bertz CT molecular complexity index is 1200. The third-order valence-corrected chi connectivity index (χ3v) is 5.09. The maximum Gasteiger partial charge on any atom is 0.146 e. The predicted octanol–water partition coefficient (Wildman–Crippen LogP) is 7.18. The highest BCUT2D eigenvalue weighted by Gasteiger charge is 2.10. The fourth-order valence-electron chi connectivity index (χ4n) is 2.93. The lowest BCUT2D eigenvalue weighted by atomic mass is 10.1. The van der Waals surface area contributed by atoms with Gasteiger partial charge >= 0.3 is 0 Å². The van der Waals surface area contributed by atoms with Crippen LogP contribution in [0.1, 0.15) is 0 Å². The fourth-order valence-corrected chi connectivity index (χ4v) is 3.23. The molecule has 0 spiro atoms. The van der Waals surface area contributed by atoms with E-state index in [9.17, 15) is 4.39 Å². The Balaban J connectivity index is 1.80. The number of rotatable bonds is 5. The van der Waals surface area contributed by atoms with E-state index in [0.29, 0.717) is 27.3 Å². The Kier molecular flexibility index (Phi) is 5.43. The van der Waals surface area contributed by atoms with Crippen molar-refractivity contribution in [3.63, 3.8) is 0 Å². The summed E-state index contributed by atoms with van der Waals surface area (Å²) >= 11 is 12.2. The second-order valence-corrected chi connectivity index (χ2v) is 7.11. The number of hydrogen-bond donors (Lipinski definition) is 2. The molecular weight excluding hydrogens is 412 g/mol. The minimum Gasteiger partial charge on any atom is -0.497 e. The lowest BCUT2D eigenvalue weighted by molar-refractivity contribution is 0.415. The van der Waals surface area contributed by atoms with Crippen molar-refractivity contribution >= 4 is 57.0 Å². The fraction of sp³-hybridized carbons (Fsp3) is 0.0455. The Labute approximate surface area is 177 Å². The minimum absolute atomic E-state index is 0.341. The second-order valence-electron chi connectivity index (χ2n) is 6.30. The molecule has 0 aliphatic rings. The summed E-state index contributed by atoms with van der Waals surface area (Å²) in [6.07, 6.45) is 0. The molecule has 4 aromatic rings. The van der Waals surface area contributed by atoms with E-state index in [1.165, 1.54) is 6.07 Å². The van der Waals surface area contributed by atoms with Gasteiger partial charge in [-0.05, 0) is 48.5 Å². The standard InChI is InChI=1S/C22H16Cl2FN3O/c1-29-14-7-9-19-15(11-14)21(26-13-6-8-16(23)17(24)10-13)12-22(27-19)28-20-5-3-2-4-18(20)25/h2-12H,1H3,(H2,26,27,28). The third kappa shape index (κ3) is 4.21. The number of anilines is 4. The second kappa shape index (κ2) is 8.15. The molecule has 4 rings (SSSR count). The quantitative estimate of drug-likeness (QED) is 0.354. The SMILES string of the molecule is COc1ccc2nc(Nc3ccccc3F)cc(Nc3ccc(Cl)c(Cl)c3)c2c1. The van der Waals surface area contributed by atoms with Crippen molar-refractivity contribution in [2.24, 2.45) is 0 Å². The van der Waals surface area contributed by atoms with Crippen LogP contribution >= 0.6 is 23.2 Å². The number of para-hydroxylation sites is 1. The van der Waals surface area contributed by atoms with Crippen LogP contribution in [0.15, 0.2) is 66.7 Å². The number of methoxy groups -OCH3 is 1. The Morgan fingerprint density at radius 1 is 0.862 bits per heavy atom. The summed E-state index contributed by atoms with van der Waals surface area (Å²) in [5.74, 6) is 0.838. The predicted molar refractivity (Wildman–Crippen MR) is 118 cm³/mol. The van der Waals surface area contributed by atoms with Crippen molar-refractivity contribution in [1.29, 1.82) is 0 Å². The number of fused-ring (bicyclic) bond motifs is 1. The molecule has 0 bridgehead atoms. The molecule has 3 aromatic carbocycles. The molecule has 1 aromatic heterocycles. The van der Waals surface area contributed by atoms with Crippen LogP contribution in [0.4, 0.5) is 27.3 Å². The maximum atomic E-state index is 14.1. The van der Waals surface area contributed by atoms with Gasteiger partial charge < -0.3 is 15.4 Å². The third-order valence-electron chi connectivity index (χ3n) is 4.35. The highest BCUT2D eigenvalue weighted by Crippen LogP contribution is 2.34. The van der Waals surface area contributed by atoms with Crippen molar-refractivity contribution in [3.8, 4) is 5.75 Å². The molecule has 29 heavy (non-hydrogen) atoms. The first kappa shape index (κ1) is 19.3. The molecule has 0 unspecified atom stereocenters. The summed E-state index contributed by atoms with van der Waals surface area (Å²) in [4.78, 5) is 4.60. The smallest absolute Gasteiger partial charge is 0.146 e. The van der Waals surface area contributed by atoms with Gasteiger partial charge in [0.25, 0.3) is 0 Å². The van der Waals surface area contributed by atoms with Gasteiger partial charge in [0.2, 0.25) is 0 Å². The van der Waals surface area contributed by atoms with E-state index in [4.69, 9.17) is 27.9 Å². The van der Waals surface area contributed by atoms with Crippen molar-refractivity contribution in [1.82, 2.24) is 4.98 Å². The van der Waals surface area contributed by atoms with E-state index in [2.05, 4.69) is 15.6 Å². The Morgan fingerprint density at radius 3 is 2.45 bits per heavy atom. The monoisotopic (exact) mass is 427 g/mol. The highest BCUT2D eigenvalue weighted by atomic mass is 35.5. The van der Waals surface area contributed by atoms with Crippen molar-refractivity contribution in [2.75, 3.05) is 17.7 Å². The molecule has 0 fully saturated rings. The molecule has 0 atom stereocenters. The van der Waals surface area contributed by atoms with Crippen LogP contribution in [-0.4, -0.2) is 12.1 Å². The van der Waals surface area contributed by atoms with Crippen molar-refractivity contribution in [3.05, 3.63) is 82.6 Å². The molecule has 1 heterocycles. The summed E-state index contributed by atoms with van der Waals surface area (Å²) < 4.78 is 19.4. The molecule has 0 aliphatic heterocycles. The Morgan fingerprint density at radius 2 is 1.69 bits per heavy atom. The molecule has 0 aliphatic carbocycles.